The molecule has 8 nitrogen and oxygen atoms in total. The molecule has 2 N–H and O–H groups in total. The summed E-state index contributed by atoms with van der Waals surface area (Å²) >= 11 is 0. The number of nitrogens with one attached hydrogen (secondary N) is 2. The zero-order valence-electron chi connectivity index (χ0n) is 15.0. The third kappa shape index (κ3) is 4.24. The molecule has 1 saturated carbocycles. The van der Waals surface area contributed by atoms with Crippen LogP contribution >= 0.6 is 0 Å². The summed E-state index contributed by atoms with van der Waals surface area (Å²) in [5.74, 6) is 1.26. The fourth-order valence-electron chi connectivity index (χ4n) is 3.58. The maximum Gasteiger partial charge on any atom is 0.273 e. The smallest absolute Gasteiger partial charge is 0.273 e. The molecule has 1 atom stereocenters. The minimum atomic E-state index is -0.165. The van der Waals surface area contributed by atoms with Gasteiger partial charge >= 0.3 is 0 Å². The second kappa shape index (κ2) is 7.75. The molecule has 26 heavy (non-hydrogen) atoms. The van der Waals surface area contributed by atoms with Gasteiger partial charge < -0.3 is 19.9 Å². The van der Waals surface area contributed by atoms with Crippen molar-refractivity contribution in [2.24, 2.45) is 5.92 Å². The Labute approximate surface area is 152 Å². The van der Waals surface area contributed by atoms with Crippen LogP contribution in [0.15, 0.2) is 4.52 Å². The number of aryl methyl sites for hydroxylation is 1. The lowest BCUT2D eigenvalue weighted by molar-refractivity contribution is -0.124. The summed E-state index contributed by atoms with van der Waals surface area (Å²) in [7, 11) is 0. The van der Waals surface area contributed by atoms with Crippen molar-refractivity contribution in [3.8, 4) is 0 Å². The first kappa shape index (κ1) is 17.5. The first-order chi connectivity index (χ1) is 12.7. The Morgan fingerprint density at radius 3 is 2.77 bits per heavy atom. The second-order valence-electron chi connectivity index (χ2n) is 7.48. The van der Waals surface area contributed by atoms with E-state index >= 15 is 0 Å². The number of nitrogens with zero attached hydrogens (tertiary/aromatic N) is 2. The Morgan fingerprint density at radius 2 is 2.00 bits per heavy atom. The van der Waals surface area contributed by atoms with Crippen molar-refractivity contribution >= 4 is 11.8 Å². The maximum atomic E-state index is 12.4. The van der Waals surface area contributed by atoms with Crippen LogP contribution in [0.3, 0.4) is 0 Å². The van der Waals surface area contributed by atoms with Gasteiger partial charge in [-0.2, -0.15) is 0 Å². The molecule has 8 heteroatoms. The monoisotopic (exact) mass is 362 g/mol. The molecule has 1 aromatic rings. The Balaban J connectivity index is 1.32. The molecule has 0 radical (unpaired) electrons. The van der Waals surface area contributed by atoms with Gasteiger partial charge in [-0.15, -0.1) is 0 Å². The molecule has 142 valence electrons. The highest BCUT2D eigenvalue weighted by molar-refractivity contribution is 5.94. The third-order valence-electron chi connectivity index (χ3n) is 5.34. The summed E-state index contributed by atoms with van der Waals surface area (Å²) in [6, 6.07) is 0.0189. The Morgan fingerprint density at radius 1 is 1.19 bits per heavy atom. The number of ether oxygens (including phenoxy) is 1. The van der Waals surface area contributed by atoms with E-state index < -0.39 is 0 Å². The Bertz CT molecular complexity index is 664. The summed E-state index contributed by atoms with van der Waals surface area (Å²) in [5, 5.41) is 10.0. The normalized spacial score (nSPS) is 23.3. The molecule has 2 heterocycles. The number of carbonyl (C=O) groups is 2. The van der Waals surface area contributed by atoms with Gasteiger partial charge in [0.05, 0.1) is 19.8 Å². The van der Waals surface area contributed by atoms with Crippen molar-refractivity contribution < 1.29 is 18.8 Å². The number of rotatable bonds is 6. The molecule has 0 bridgehead atoms. The van der Waals surface area contributed by atoms with Crippen LogP contribution in [0.5, 0.6) is 0 Å². The van der Waals surface area contributed by atoms with E-state index in [9.17, 15) is 9.59 Å². The van der Waals surface area contributed by atoms with Gasteiger partial charge in [-0.25, -0.2) is 0 Å². The van der Waals surface area contributed by atoms with Crippen molar-refractivity contribution in [2.45, 2.75) is 38.1 Å². The number of hydrogen-bond donors (Lipinski definition) is 2. The van der Waals surface area contributed by atoms with Crippen LogP contribution in [0.1, 0.15) is 41.1 Å². The Kier molecular flexibility index (Phi) is 5.21. The predicted molar refractivity (Wildman–Crippen MR) is 92.8 cm³/mol. The van der Waals surface area contributed by atoms with E-state index in [2.05, 4.69) is 20.7 Å². The molecule has 1 unspecified atom stereocenters. The lowest BCUT2D eigenvalue weighted by Gasteiger charge is -2.28. The van der Waals surface area contributed by atoms with Crippen molar-refractivity contribution in [1.29, 1.82) is 0 Å². The number of amides is 2. The van der Waals surface area contributed by atoms with Crippen LogP contribution in [0, 0.1) is 5.92 Å². The zero-order chi connectivity index (χ0) is 17.9. The van der Waals surface area contributed by atoms with Gasteiger partial charge in [-0.1, -0.05) is 5.16 Å². The van der Waals surface area contributed by atoms with Gasteiger partial charge in [-0.3, -0.25) is 14.5 Å². The fourth-order valence-corrected chi connectivity index (χ4v) is 3.58. The van der Waals surface area contributed by atoms with Crippen molar-refractivity contribution in [3.63, 3.8) is 0 Å². The molecule has 2 amide bonds. The van der Waals surface area contributed by atoms with Gasteiger partial charge in [0.15, 0.2) is 5.69 Å². The highest BCUT2D eigenvalue weighted by atomic mass is 16.5. The first-order valence-electron chi connectivity index (χ1n) is 9.54. The average Bonchev–Trinajstić information content (AvgIpc) is 3.38. The molecular formula is C18H26N4O4. The molecule has 1 aromatic heterocycles. The molecule has 1 saturated heterocycles. The maximum absolute atomic E-state index is 12.4. The molecule has 4 rings (SSSR count). The number of aromatic nitrogens is 1. The number of hydrogen-bond acceptors (Lipinski definition) is 6. The van der Waals surface area contributed by atoms with E-state index in [-0.39, 0.29) is 17.9 Å². The molecular weight excluding hydrogens is 336 g/mol. The fraction of sp³-hybridized carbons (Fsp3) is 0.722. The predicted octanol–water partition coefficient (Wildman–Crippen LogP) is 0.120. The van der Waals surface area contributed by atoms with Gasteiger partial charge in [0.25, 0.3) is 5.91 Å². The lowest BCUT2D eigenvalue weighted by atomic mass is 9.92. The van der Waals surface area contributed by atoms with E-state index in [1.165, 1.54) is 12.8 Å². The van der Waals surface area contributed by atoms with Gasteiger partial charge in [0.1, 0.15) is 5.76 Å². The van der Waals surface area contributed by atoms with Crippen LogP contribution in [0.2, 0.25) is 0 Å². The van der Waals surface area contributed by atoms with Gasteiger partial charge in [0, 0.05) is 37.7 Å². The first-order valence-corrected chi connectivity index (χ1v) is 9.54. The third-order valence-corrected chi connectivity index (χ3v) is 5.34. The number of carbonyl (C=O) groups excluding carboxylic acids is 2. The quantitative estimate of drug-likeness (QED) is 0.746. The van der Waals surface area contributed by atoms with E-state index in [1.807, 2.05) is 0 Å². The van der Waals surface area contributed by atoms with E-state index in [0.717, 1.165) is 30.8 Å². The summed E-state index contributed by atoms with van der Waals surface area (Å²) in [6.45, 7) is 4.05. The lowest BCUT2D eigenvalue weighted by Crippen LogP contribution is -2.47. The molecule has 3 aliphatic rings. The topological polar surface area (TPSA) is 96.7 Å². The van der Waals surface area contributed by atoms with Crippen LogP contribution in [-0.2, 0) is 22.4 Å². The summed E-state index contributed by atoms with van der Waals surface area (Å²) in [5.41, 5.74) is 1.23. The van der Waals surface area contributed by atoms with E-state index in [0.29, 0.717) is 50.8 Å². The van der Waals surface area contributed by atoms with Crippen LogP contribution < -0.4 is 10.6 Å². The average molecular weight is 362 g/mol. The van der Waals surface area contributed by atoms with Crippen molar-refractivity contribution in [3.05, 3.63) is 17.0 Å². The SMILES string of the molecule is O=C(CN1CCOCC1)NC1CCc2onc(C(=O)NCC3CC3)c2C1. The number of fused-ring (bicyclic) bond motifs is 1. The minimum absolute atomic E-state index is 0.0189. The largest absolute Gasteiger partial charge is 0.379 e. The summed E-state index contributed by atoms with van der Waals surface area (Å²) in [4.78, 5) is 26.8. The molecule has 0 aromatic carbocycles. The van der Waals surface area contributed by atoms with Crippen LogP contribution in [-0.4, -0.2) is 67.3 Å². The van der Waals surface area contributed by atoms with Crippen molar-refractivity contribution in [1.82, 2.24) is 20.7 Å². The van der Waals surface area contributed by atoms with Crippen molar-refractivity contribution in [2.75, 3.05) is 39.4 Å². The van der Waals surface area contributed by atoms with Crippen LogP contribution in [0.4, 0.5) is 0 Å². The second-order valence-corrected chi connectivity index (χ2v) is 7.48. The number of morpholine rings is 1. The minimum Gasteiger partial charge on any atom is -0.379 e. The standard InChI is InChI=1S/C18H26N4O4/c23-16(11-22-5-7-25-8-6-22)20-13-3-4-15-14(9-13)17(21-26-15)18(24)19-10-12-1-2-12/h12-13H,1-11H2,(H,19,24)(H,20,23). The molecule has 2 fully saturated rings. The van der Waals surface area contributed by atoms with Gasteiger partial charge in [-0.05, 0) is 31.6 Å². The summed E-state index contributed by atoms with van der Waals surface area (Å²) in [6.07, 6.45) is 4.48. The van der Waals surface area contributed by atoms with Gasteiger partial charge in [0.2, 0.25) is 5.91 Å². The molecule has 0 spiro atoms. The Hall–Kier alpha value is -1.93. The molecule has 2 aliphatic carbocycles. The van der Waals surface area contributed by atoms with Crippen LogP contribution in [0.25, 0.3) is 0 Å². The van der Waals surface area contributed by atoms with E-state index in [4.69, 9.17) is 9.26 Å². The zero-order valence-corrected chi connectivity index (χ0v) is 15.0. The highest BCUT2D eigenvalue weighted by Gasteiger charge is 2.30. The summed E-state index contributed by atoms with van der Waals surface area (Å²) < 4.78 is 10.7. The highest BCUT2D eigenvalue weighted by Crippen LogP contribution is 2.28. The van der Waals surface area contributed by atoms with E-state index in [1.54, 1.807) is 0 Å². The molecule has 1 aliphatic heterocycles.